The Balaban J connectivity index is 1.41. The van der Waals surface area contributed by atoms with Crippen LogP contribution in [0.3, 0.4) is 0 Å². The van der Waals surface area contributed by atoms with Crippen molar-refractivity contribution >= 4 is 15.9 Å². The molecule has 0 radical (unpaired) electrons. The lowest BCUT2D eigenvalue weighted by molar-refractivity contribution is -0.274. The van der Waals surface area contributed by atoms with E-state index in [4.69, 9.17) is 4.52 Å². The first-order valence-electron chi connectivity index (χ1n) is 9.97. The average molecular weight is 497 g/mol. The lowest BCUT2D eigenvalue weighted by Crippen LogP contribution is -2.27. The molecule has 0 unspecified atom stereocenters. The van der Waals surface area contributed by atoms with E-state index < -0.39 is 22.4 Å². The van der Waals surface area contributed by atoms with E-state index in [1.54, 1.807) is 0 Å². The van der Waals surface area contributed by atoms with Crippen LogP contribution in [0.1, 0.15) is 36.2 Å². The fourth-order valence-electron chi connectivity index (χ4n) is 3.41. The lowest BCUT2D eigenvalue weighted by Gasteiger charge is -2.22. The normalized spacial score (nSPS) is 16.7. The van der Waals surface area contributed by atoms with E-state index in [-0.39, 0.29) is 47.8 Å². The van der Waals surface area contributed by atoms with Gasteiger partial charge < -0.3 is 14.2 Å². The third kappa shape index (κ3) is 5.69. The number of ether oxygens (including phenoxy) is 1. The highest BCUT2D eigenvalue weighted by molar-refractivity contribution is 7.89. The largest absolute Gasteiger partial charge is 0.573 e. The topological polar surface area (TPSA) is 128 Å². The van der Waals surface area contributed by atoms with Crippen LogP contribution >= 0.6 is 0 Å². The van der Waals surface area contributed by atoms with Crippen molar-refractivity contribution in [2.75, 3.05) is 0 Å². The van der Waals surface area contributed by atoms with Gasteiger partial charge in [-0.1, -0.05) is 17.3 Å². The van der Waals surface area contributed by atoms with Gasteiger partial charge in [-0.15, -0.1) is 13.2 Å². The standard InChI is InChI=1S/C20H18F3N5O5S/c21-20(22,23)32-14-5-3-13(4-6-14)12-28-16(7-8-18(28)29)19-26-17(27-33-19)11-25-34(30,31)15-2-1-9-24-10-15/h1-6,9-10,16,25H,7-8,11-12H2/t16-/m0/s1. The number of carbonyl (C=O) groups is 1. The second-order valence-corrected chi connectivity index (χ2v) is 9.10. The molecule has 1 saturated heterocycles. The van der Waals surface area contributed by atoms with Gasteiger partial charge in [0.15, 0.2) is 5.82 Å². The molecule has 1 atom stereocenters. The van der Waals surface area contributed by atoms with Crippen LogP contribution in [-0.4, -0.2) is 40.7 Å². The number of amides is 1. The summed E-state index contributed by atoms with van der Waals surface area (Å²) in [5, 5.41) is 3.78. The average Bonchev–Trinajstić information content (AvgIpc) is 3.40. The number of nitrogens with one attached hydrogen (secondary N) is 1. The fourth-order valence-corrected chi connectivity index (χ4v) is 4.35. The summed E-state index contributed by atoms with van der Waals surface area (Å²) in [7, 11) is -3.82. The Hall–Kier alpha value is -3.52. The number of aromatic nitrogens is 3. The van der Waals surface area contributed by atoms with Gasteiger partial charge >= 0.3 is 6.36 Å². The summed E-state index contributed by atoms with van der Waals surface area (Å²) in [6.45, 7) is -0.122. The molecule has 1 N–H and O–H groups in total. The Bertz CT molecular complexity index is 1250. The first-order valence-corrected chi connectivity index (χ1v) is 11.5. The van der Waals surface area contributed by atoms with Crippen LogP contribution in [0.25, 0.3) is 0 Å². The van der Waals surface area contributed by atoms with E-state index in [2.05, 4.69) is 24.6 Å². The number of pyridine rings is 1. The van der Waals surface area contributed by atoms with Gasteiger partial charge in [0, 0.05) is 25.4 Å². The number of rotatable bonds is 8. The van der Waals surface area contributed by atoms with Crippen molar-refractivity contribution in [1.82, 2.24) is 24.7 Å². The predicted molar refractivity (Wildman–Crippen MR) is 108 cm³/mol. The number of hydrogen-bond acceptors (Lipinski definition) is 8. The number of alkyl halides is 3. The molecule has 14 heteroatoms. The van der Waals surface area contributed by atoms with Gasteiger partial charge in [-0.3, -0.25) is 9.78 Å². The monoisotopic (exact) mass is 497 g/mol. The second-order valence-electron chi connectivity index (χ2n) is 7.33. The third-order valence-electron chi connectivity index (χ3n) is 4.97. The fraction of sp³-hybridized carbons (Fsp3) is 0.300. The summed E-state index contributed by atoms with van der Waals surface area (Å²) in [5.74, 6) is -0.331. The van der Waals surface area contributed by atoms with E-state index in [9.17, 15) is 26.4 Å². The number of hydrogen-bond donors (Lipinski definition) is 1. The molecule has 1 aliphatic heterocycles. The van der Waals surface area contributed by atoms with Crippen LogP contribution in [0.4, 0.5) is 13.2 Å². The number of benzene rings is 1. The quantitative estimate of drug-likeness (QED) is 0.503. The van der Waals surface area contributed by atoms with Crippen molar-refractivity contribution in [3.05, 3.63) is 66.1 Å². The van der Waals surface area contributed by atoms with Gasteiger partial charge in [-0.05, 0) is 36.2 Å². The van der Waals surface area contributed by atoms with Crippen molar-refractivity contribution in [1.29, 1.82) is 0 Å². The Labute approximate surface area is 191 Å². The van der Waals surface area contributed by atoms with Crippen LogP contribution < -0.4 is 9.46 Å². The molecule has 1 aromatic carbocycles. The van der Waals surface area contributed by atoms with Crippen LogP contribution in [0.15, 0.2) is 58.2 Å². The molecule has 10 nitrogen and oxygen atoms in total. The molecule has 4 rings (SSSR count). The summed E-state index contributed by atoms with van der Waals surface area (Å²) in [5.41, 5.74) is 0.582. The van der Waals surface area contributed by atoms with Crippen molar-refractivity contribution in [3.63, 3.8) is 0 Å². The zero-order chi connectivity index (χ0) is 24.3. The maximum atomic E-state index is 12.4. The number of carbonyl (C=O) groups excluding carboxylic acids is 1. The number of likely N-dealkylation sites (tertiary alicyclic amines) is 1. The molecule has 1 aliphatic rings. The molecule has 2 aromatic heterocycles. The number of halogens is 3. The molecule has 1 amide bonds. The van der Waals surface area contributed by atoms with Crippen LogP contribution in [-0.2, 0) is 27.9 Å². The van der Waals surface area contributed by atoms with E-state index in [1.165, 1.54) is 41.6 Å². The Kier molecular flexibility index (Phi) is 6.52. The van der Waals surface area contributed by atoms with Crippen LogP contribution in [0.2, 0.25) is 0 Å². The molecule has 0 bridgehead atoms. The van der Waals surface area contributed by atoms with E-state index >= 15 is 0 Å². The minimum absolute atomic E-state index is 0.0158. The zero-order valence-electron chi connectivity index (χ0n) is 17.4. The molecule has 34 heavy (non-hydrogen) atoms. The zero-order valence-corrected chi connectivity index (χ0v) is 18.2. The molecular weight excluding hydrogens is 479 g/mol. The van der Waals surface area contributed by atoms with Crippen LogP contribution in [0, 0.1) is 0 Å². The molecule has 1 fully saturated rings. The van der Waals surface area contributed by atoms with Crippen molar-refractivity contribution < 1.29 is 35.6 Å². The van der Waals surface area contributed by atoms with Crippen molar-refractivity contribution in [3.8, 4) is 5.75 Å². The van der Waals surface area contributed by atoms with E-state index in [0.29, 0.717) is 12.0 Å². The summed E-state index contributed by atoms with van der Waals surface area (Å²) < 4.78 is 73.1. The Morgan fingerprint density at radius 3 is 2.65 bits per heavy atom. The molecule has 180 valence electrons. The summed E-state index contributed by atoms with van der Waals surface area (Å²) in [6, 6.07) is 7.51. The lowest BCUT2D eigenvalue weighted by atomic mass is 10.1. The third-order valence-corrected chi connectivity index (χ3v) is 6.36. The SMILES string of the molecule is O=C1CC[C@@H](c2nc(CNS(=O)(=O)c3cccnc3)no2)N1Cc1ccc(OC(F)(F)F)cc1. The number of sulfonamides is 1. The molecule has 0 spiro atoms. The van der Waals surface area contributed by atoms with Gasteiger partial charge in [0.25, 0.3) is 0 Å². The minimum Gasteiger partial charge on any atom is -0.406 e. The molecule has 0 saturated carbocycles. The van der Waals surface area contributed by atoms with Gasteiger partial charge in [0.2, 0.25) is 21.8 Å². The van der Waals surface area contributed by atoms with Gasteiger partial charge in [-0.25, -0.2) is 13.1 Å². The summed E-state index contributed by atoms with van der Waals surface area (Å²) >= 11 is 0. The predicted octanol–water partition coefficient (Wildman–Crippen LogP) is 2.71. The van der Waals surface area contributed by atoms with Gasteiger partial charge in [0.1, 0.15) is 16.7 Å². The molecule has 3 aromatic rings. The van der Waals surface area contributed by atoms with E-state index in [1.807, 2.05) is 0 Å². The highest BCUT2D eigenvalue weighted by atomic mass is 32.2. The molecule has 0 aliphatic carbocycles. The number of nitrogens with zero attached hydrogens (tertiary/aromatic N) is 4. The Morgan fingerprint density at radius 2 is 1.97 bits per heavy atom. The Morgan fingerprint density at radius 1 is 1.21 bits per heavy atom. The van der Waals surface area contributed by atoms with Gasteiger partial charge in [-0.2, -0.15) is 4.98 Å². The maximum Gasteiger partial charge on any atom is 0.573 e. The second kappa shape index (κ2) is 9.38. The van der Waals surface area contributed by atoms with Crippen molar-refractivity contribution in [2.45, 2.75) is 43.2 Å². The highest BCUT2D eigenvalue weighted by Crippen LogP contribution is 2.33. The first kappa shape index (κ1) is 23.6. The van der Waals surface area contributed by atoms with Crippen molar-refractivity contribution in [2.24, 2.45) is 0 Å². The summed E-state index contributed by atoms with van der Waals surface area (Å²) in [4.78, 5) is 21.8. The smallest absolute Gasteiger partial charge is 0.406 e. The summed E-state index contributed by atoms with van der Waals surface area (Å²) in [6.07, 6.45) is -1.51. The van der Waals surface area contributed by atoms with Gasteiger partial charge in [0.05, 0.1) is 6.54 Å². The van der Waals surface area contributed by atoms with E-state index in [0.717, 1.165) is 12.1 Å². The first-order chi connectivity index (χ1) is 16.1. The van der Waals surface area contributed by atoms with Crippen LogP contribution in [0.5, 0.6) is 5.75 Å². The molecular formula is C20H18F3N5O5S. The maximum absolute atomic E-state index is 12.4. The highest BCUT2D eigenvalue weighted by Gasteiger charge is 2.36. The molecule has 3 heterocycles. The minimum atomic E-state index is -4.79.